The fourth-order valence-electron chi connectivity index (χ4n) is 4.69. The second-order valence-electron chi connectivity index (χ2n) is 8.87. The number of hydrogen-bond donors (Lipinski definition) is 3. The summed E-state index contributed by atoms with van der Waals surface area (Å²) in [4.78, 5) is 48.6. The van der Waals surface area contributed by atoms with Gasteiger partial charge < -0.3 is 25.2 Å². The van der Waals surface area contributed by atoms with Crippen molar-refractivity contribution in [1.29, 1.82) is 0 Å². The van der Waals surface area contributed by atoms with Crippen molar-refractivity contribution < 1.29 is 33.8 Å². The number of esters is 1. The Hall–Kier alpha value is -3.88. The van der Waals surface area contributed by atoms with Crippen LogP contribution in [0.15, 0.2) is 48.5 Å². The van der Waals surface area contributed by atoms with Crippen molar-refractivity contribution in [3.05, 3.63) is 59.7 Å². The van der Waals surface area contributed by atoms with Crippen LogP contribution in [0.3, 0.4) is 0 Å². The topological polar surface area (TPSA) is 131 Å². The second-order valence-corrected chi connectivity index (χ2v) is 8.87. The van der Waals surface area contributed by atoms with Crippen molar-refractivity contribution >= 4 is 23.9 Å². The molecule has 0 aliphatic heterocycles. The zero-order valence-corrected chi connectivity index (χ0v) is 19.4. The van der Waals surface area contributed by atoms with Crippen LogP contribution in [0, 0.1) is 0 Å². The van der Waals surface area contributed by atoms with Crippen LogP contribution in [0.1, 0.15) is 49.1 Å². The first-order valence-corrected chi connectivity index (χ1v) is 11.6. The van der Waals surface area contributed by atoms with Gasteiger partial charge in [-0.15, -0.1) is 0 Å². The SMILES string of the molecule is COC(=O)CCC(NC(=O)C1(NC(=O)OCC2c3ccccc3-c3ccccc32)CCC1)C(=O)O. The lowest BCUT2D eigenvalue weighted by molar-refractivity contribution is -0.145. The minimum Gasteiger partial charge on any atom is -0.480 e. The average Bonchev–Trinajstić information content (AvgIpc) is 3.15. The minimum atomic E-state index is -1.27. The first-order valence-electron chi connectivity index (χ1n) is 11.6. The molecule has 184 valence electrons. The van der Waals surface area contributed by atoms with Crippen molar-refractivity contribution in [2.45, 2.75) is 49.6 Å². The fourth-order valence-corrected chi connectivity index (χ4v) is 4.69. The number of carboxylic acid groups (broad SMARTS) is 1. The van der Waals surface area contributed by atoms with Gasteiger partial charge in [0.1, 0.15) is 18.2 Å². The van der Waals surface area contributed by atoms with Crippen molar-refractivity contribution in [3.8, 4) is 11.1 Å². The molecule has 1 atom stereocenters. The molecule has 1 fully saturated rings. The third-order valence-corrected chi connectivity index (χ3v) is 6.79. The zero-order valence-electron chi connectivity index (χ0n) is 19.4. The third kappa shape index (κ3) is 4.99. The van der Waals surface area contributed by atoms with E-state index in [1.807, 2.05) is 48.5 Å². The maximum atomic E-state index is 12.9. The summed E-state index contributed by atoms with van der Waals surface area (Å²) in [5.74, 6) is -2.55. The Labute approximate surface area is 202 Å². The van der Waals surface area contributed by atoms with Gasteiger partial charge in [-0.3, -0.25) is 9.59 Å². The van der Waals surface area contributed by atoms with Crippen LogP contribution in [-0.2, 0) is 23.9 Å². The molecule has 2 aromatic carbocycles. The molecule has 2 aromatic rings. The first kappa shape index (κ1) is 24.3. The van der Waals surface area contributed by atoms with E-state index in [9.17, 15) is 24.3 Å². The minimum absolute atomic E-state index is 0.106. The Kier molecular flexibility index (Phi) is 7.04. The van der Waals surface area contributed by atoms with Crippen LogP contribution in [0.2, 0.25) is 0 Å². The first-order chi connectivity index (χ1) is 16.8. The number of rotatable bonds is 9. The molecule has 9 heteroatoms. The predicted octanol–water partition coefficient (Wildman–Crippen LogP) is 2.97. The maximum absolute atomic E-state index is 12.9. The Morgan fingerprint density at radius 3 is 2.14 bits per heavy atom. The highest BCUT2D eigenvalue weighted by molar-refractivity contribution is 5.93. The normalized spacial score (nSPS) is 16.1. The maximum Gasteiger partial charge on any atom is 0.408 e. The van der Waals surface area contributed by atoms with Gasteiger partial charge in [0, 0.05) is 12.3 Å². The smallest absolute Gasteiger partial charge is 0.408 e. The molecule has 0 aromatic heterocycles. The average molecular weight is 481 g/mol. The number of hydrogen-bond acceptors (Lipinski definition) is 6. The fraction of sp³-hybridized carbons (Fsp3) is 0.385. The number of methoxy groups -OCH3 is 1. The van der Waals surface area contributed by atoms with Gasteiger partial charge in [0.25, 0.3) is 0 Å². The monoisotopic (exact) mass is 480 g/mol. The number of ether oxygens (including phenoxy) is 2. The molecule has 0 spiro atoms. The van der Waals surface area contributed by atoms with E-state index in [4.69, 9.17) is 4.74 Å². The standard InChI is InChI=1S/C26H28N2O7/c1-34-22(29)12-11-21(23(30)31)27-24(32)26(13-6-14-26)28-25(33)35-15-20-18-9-4-2-7-16(18)17-8-3-5-10-19(17)20/h2-5,7-10,20-21H,6,11-15H2,1H3,(H,27,32)(H,28,33)(H,30,31). The van der Waals surface area contributed by atoms with Crippen LogP contribution >= 0.6 is 0 Å². The molecule has 1 saturated carbocycles. The van der Waals surface area contributed by atoms with Gasteiger partial charge in [-0.2, -0.15) is 0 Å². The van der Waals surface area contributed by atoms with E-state index in [1.165, 1.54) is 7.11 Å². The van der Waals surface area contributed by atoms with Crippen LogP contribution in [0.4, 0.5) is 4.79 Å². The molecule has 0 bridgehead atoms. The summed E-state index contributed by atoms with van der Waals surface area (Å²) in [6.07, 6.45) is 0.438. The number of carbonyl (C=O) groups excluding carboxylic acids is 3. The number of benzene rings is 2. The highest BCUT2D eigenvalue weighted by Crippen LogP contribution is 2.44. The van der Waals surface area contributed by atoms with E-state index in [-0.39, 0.29) is 25.4 Å². The third-order valence-electron chi connectivity index (χ3n) is 6.79. The molecule has 0 radical (unpaired) electrons. The van der Waals surface area contributed by atoms with Gasteiger partial charge in [-0.1, -0.05) is 48.5 Å². The molecular formula is C26H28N2O7. The van der Waals surface area contributed by atoms with Crippen molar-refractivity contribution in [3.63, 3.8) is 0 Å². The summed E-state index contributed by atoms with van der Waals surface area (Å²) >= 11 is 0. The lowest BCUT2D eigenvalue weighted by atomic mass is 9.76. The summed E-state index contributed by atoms with van der Waals surface area (Å²) in [5, 5.41) is 14.5. The predicted molar refractivity (Wildman–Crippen MR) is 126 cm³/mol. The van der Waals surface area contributed by atoms with Crippen LogP contribution < -0.4 is 10.6 Å². The molecule has 3 N–H and O–H groups in total. The van der Waals surface area contributed by atoms with Crippen LogP contribution in [0.5, 0.6) is 0 Å². The van der Waals surface area contributed by atoms with E-state index in [0.29, 0.717) is 19.3 Å². The van der Waals surface area contributed by atoms with E-state index in [2.05, 4.69) is 15.4 Å². The lowest BCUT2D eigenvalue weighted by Gasteiger charge is -2.40. The van der Waals surface area contributed by atoms with Crippen molar-refractivity contribution in [1.82, 2.24) is 10.6 Å². The van der Waals surface area contributed by atoms with Gasteiger partial charge >= 0.3 is 18.0 Å². The summed E-state index contributed by atoms with van der Waals surface area (Å²) in [7, 11) is 1.21. The zero-order chi connectivity index (χ0) is 25.0. The highest BCUT2D eigenvalue weighted by atomic mass is 16.5. The molecule has 1 unspecified atom stereocenters. The molecule has 35 heavy (non-hydrogen) atoms. The summed E-state index contributed by atoms with van der Waals surface area (Å²) in [6.45, 7) is 0.106. The largest absolute Gasteiger partial charge is 0.480 e. The number of carboxylic acids is 1. The number of fused-ring (bicyclic) bond motifs is 3. The van der Waals surface area contributed by atoms with Gasteiger partial charge in [0.05, 0.1) is 7.11 Å². The molecule has 0 heterocycles. The highest BCUT2D eigenvalue weighted by Gasteiger charge is 2.47. The van der Waals surface area contributed by atoms with Crippen molar-refractivity contribution in [2.75, 3.05) is 13.7 Å². The van der Waals surface area contributed by atoms with E-state index in [1.54, 1.807) is 0 Å². The summed E-state index contributed by atoms with van der Waals surface area (Å²) < 4.78 is 10.1. The van der Waals surface area contributed by atoms with Crippen LogP contribution in [-0.4, -0.2) is 54.3 Å². The number of amides is 2. The Bertz CT molecular complexity index is 1100. The molecule has 2 aliphatic rings. The van der Waals surface area contributed by atoms with Gasteiger partial charge in [0.15, 0.2) is 0 Å². The van der Waals surface area contributed by atoms with Gasteiger partial charge in [-0.05, 0) is 47.9 Å². The number of nitrogens with one attached hydrogen (secondary N) is 2. The van der Waals surface area contributed by atoms with E-state index in [0.717, 1.165) is 22.3 Å². The number of alkyl carbamates (subject to hydrolysis) is 1. The lowest BCUT2D eigenvalue weighted by Crippen LogP contribution is -2.64. The molecule has 0 saturated heterocycles. The molecular weight excluding hydrogens is 452 g/mol. The van der Waals surface area contributed by atoms with E-state index >= 15 is 0 Å². The summed E-state index contributed by atoms with van der Waals surface area (Å²) in [5.41, 5.74) is 3.14. The van der Waals surface area contributed by atoms with Gasteiger partial charge in [0.2, 0.25) is 5.91 Å². The Morgan fingerprint density at radius 2 is 1.63 bits per heavy atom. The van der Waals surface area contributed by atoms with E-state index < -0.39 is 35.5 Å². The molecule has 4 rings (SSSR count). The second kappa shape index (κ2) is 10.2. The number of aliphatic carboxylic acids is 1. The Morgan fingerprint density at radius 1 is 1.03 bits per heavy atom. The quantitative estimate of drug-likeness (QED) is 0.470. The van der Waals surface area contributed by atoms with Crippen molar-refractivity contribution in [2.24, 2.45) is 0 Å². The molecule has 2 aliphatic carbocycles. The summed E-state index contributed by atoms with van der Waals surface area (Å²) in [6, 6.07) is 14.7. The number of carbonyl (C=O) groups is 4. The Balaban J connectivity index is 1.38. The van der Waals surface area contributed by atoms with Gasteiger partial charge in [-0.25, -0.2) is 9.59 Å². The molecule has 9 nitrogen and oxygen atoms in total. The molecule has 2 amide bonds. The van der Waals surface area contributed by atoms with Crippen LogP contribution in [0.25, 0.3) is 11.1 Å².